The lowest BCUT2D eigenvalue weighted by Gasteiger charge is -2.20. The van der Waals surface area contributed by atoms with Gasteiger partial charge in [-0.05, 0) is 24.1 Å². The number of amides is 1. The molecule has 5 heteroatoms. The highest BCUT2D eigenvalue weighted by molar-refractivity contribution is 5.83. The predicted molar refractivity (Wildman–Crippen MR) is 75.6 cm³/mol. The summed E-state index contributed by atoms with van der Waals surface area (Å²) < 4.78 is 9.68. The molecule has 1 aromatic carbocycles. The number of hydrogen-bond acceptors (Lipinski definition) is 4. The van der Waals surface area contributed by atoms with Gasteiger partial charge in [0.15, 0.2) is 0 Å². The predicted octanol–water partition coefficient (Wildman–Crippen LogP) is 1.65. The van der Waals surface area contributed by atoms with Crippen molar-refractivity contribution in [2.75, 3.05) is 27.3 Å². The van der Waals surface area contributed by atoms with E-state index in [2.05, 4.69) is 4.74 Å². The summed E-state index contributed by atoms with van der Waals surface area (Å²) in [6.45, 7) is 2.51. The van der Waals surface area contributed by atoms with E-state index in [9.17, 15) is 9.59 Å². The number of esters is 1. The first-order chi connectivity index (χ1) is 9.60. The van der Waals surface area contributed by atoms with Gasteiger partial charge in [-0.3, -0.25) is 9.59 Å². The highest BCUT2D eigenvalue weighted by Gasteiger charge is 2.17. The highest BCUT2D eigenvalue weighted by atomic mass is 16.5. The monoisotopic (exact) mass is 279 g/mol. The summed E-state index contributed by atoms with van der Waals surface area (Å²) in [4.78, 5) is 25.0. The fraction of sp³-hybridized carbons (Fsp3) is 0.467. The zero-order valence-corrected chi connectivity index (χ0v) is 12.2. The van der Waals surface area contributed by atoms with Crippen molar-refractivity contribution in [3.05, 3.63) is 29.8 Å². The molecule has 0 aliphatic heterocycles. The second-order valence-electron chi connectivity index (χ2n) is 4.42. The molecule has 1 rings (SSSR count). The summed E-state index contributed by atoms with van der Waals surface area (Å²) in [7, 11) is 2.92. The minimum absolute atomic E-state index is 0.000667. The molecule has 0 aromatic heterocycles. The van der Waals surface area contributed by atoms with Gasteiger partial charge in [-0.2, -0.15) is 0 Å². The van der Waals surface area contributed by atoms with Crippen molar-refractivity contribution in [2.24, 2.45) is 0 Å². The number of carbonyl (C=O) groups is 2. The number of ether oxygens (including phenoxy) is 2. The maximum Gasteiger partial charge on any atom is 0.325 e. The first-order valence-corrected chi connectivity index (χ1v) is 6.58. The molecule has 0 heterocycles. The maximum atomic E-state index is 12.2. The fourth-order valence-corrected chi connectivity index (χ4v) is 1.81. The Balaban J connectivity index is 2.66. The molecule has 0 bridgehead atoms. The molecule has 0 fully saturated rings. The first kappa shape index (κ1) is 16.0. The molecular formula is C15H21NO4. The van der Waals surface area contributed by atoms with E-state index in [0.29, 0.717) is 6.54 Å². The molecule has 0 radical (unpaired) electrons. The van der Waals surface area contributed by atoms with Crippen LogP contribution in [0.2, 0.25) is 0 Å². The molecule has 0 aliphatic carbocycles. The molecule has 1 amide bonds. The van der Waals surface area contributed by atoms with E-state index in [-0.39, 0.29) is 18.9 Å². The zero-order chi connectivity index (χ0) is 15.0. The summed E-state index contributed by atoms with van der Waals surface area (Å²) in [5, 5.41) is 0. The first-order valence-electron chi connectivity index (χ1n) is 6.58. The van der Waals surface area contributed by atoms with E-state index in [4.69, 9.17) is 4.74 Å². The van der Waals surface area contributed by atoms with Gasteiger partial charge in [-0.1, -0.05) is 19.1 Å². The van der Waals surface area contributed by atoms with Gasteiger partial charge in [0, 0.05) is 6.54 Å². The Morgan fingerprint density at radius 2 is 1.80 bits per heavy atom. The van der Waals surface area contributed by atoms with Gasteiger partial charge in [0.1, 0.15) is 12.3 Å². The standard InChI is InChI=1S/C15H21NO4/c1-4-9-16(11-15(18)20-3)14(17)10-12-5-7-13(19-2)8-6-12/h5-8H,4,9-11H2,1-3H3. The highest BCUT2D eigenvalue weighted by Crippen LogP contribution is 2.12. The average Bonchev–Trinajstić information content (AvgIpc) is 2.47. The van der Waals surface area contributed by atoms with Crippen LogP contribution in [-0.2, 0) is 20.7 Å². The lowest BCUT2D eigenvalue weighted by Crippen LogP contribution is -2.37. The molecule has 20 heavy (non-hydrogen) atoms. The van der Waals surface area contributed by atoms with Crippen LogP contribution in [0.15, 0.2) is 24.3 Å². The molecule has 0 atom stereocenters. The van der Waals surface area contributed by atoms with Crippen LogP contribution in [0.5, 0.6) is 5.75 Å². The van der Waals surface area contributed by atoms with Crippen LogP contribution in [0, 0.1) is 0 Å². The van der Waals surface area contributed by atoms with Gasteiger partial charge in [0.25, 0.3) is 0 Å². The van der Waals surface area contributed by atoms with Gasteiger partial charge in [-0.25, -0.2) is 0 Å². The Morgan fingerprint density at radius 3 is 2.30 bits per heavy atom. The molecule has 0 saturated heterocycles. The van der Waals surface area contributed by atoms with Crippen LogP contribution < -0.4 is 4.74 Å². The molecule has 0 unspecified atom stereocenters. The smallest absolute Gasteiger partial charge is 0.325 e. The molecule has 1 aromatic rings. The third-order valence-corrected chi connectivity index (χ3v) is 2.91. The van der Waals surface area contributed by atoms with Crippen molar-refractivity contribution >= 4 is 11.9 Å². The largest absolute Gasteiger partial charge is 0.497 e. The Morgan fingerprint density at radius 1 is 1.15 bits per heavy atom. The second kappa shape index (κ2) is 8.19. The van der Waals surface area contributed by atoms with Crippen LogP contribution in [0.3, 0.4) is 0 Å². The van der Waals surface area contributed by atoms with Crippen LogP contribution in [-0.4, -0.2) is 44.1 Å². The SMILES string of the molecule is CCCN(CC(=O)OC)C(=O)Cc1ccc(OC)cc1. The molecule has 0 N–H and O–H groups in total. The van der Waals surface area contributed by atoms with Crippen LogP contribution in [0.1, 0.15) is 18.9 Å². The quantitative estimate of drug-likeness (QED) is 0.712. The molecule has 5 nitrogen and oxygen atoms in total. The lowest BCUT2D eigenvalue weighted by molar-refractivity contribution is -0.146. The van der Waals surface area contributed by atoms with E-state index in [0.717, 1.165) is 17.7 Å². The number of hydrogen-bond donors (Lipinski definition) is 0. The Hall–Kier alpha value is -2.04. The summed E-state index contributed by atoms with van der Waals surface area (Å²) in [5.41, 5.74) is 0.891. The maximum absolute atomic E-state index is 12.2. The summed E-state index contributed by atoms with van der Waals surface area (Å²) in [6.07, 6.45) is 1.06. The van der Waals surface area contributed by atoms with Crippen molar-refractivity contribution in [3.63, 3.8) is 0 Å². The fourth-order valence-electron chi connectivity index (χ4n) is 1.81. The third kappa shape index (κ3) is 4.91. The molecular weight excluding hydrogens is 258 g/mol. The Labute approximate surface area is 119 Å². The van der Waals surface area contributed by atoms with E-state index < -0.39 is 5.97 Å². The van der Waals surface area contributed by atoms with Crippen molar-refractivity contribution in [1.29, 1.82) is 0 Å². The van der Waals surface area contributed by atoms with Crippen LogP contribution in [0.4, 0.5) is 0 Å². The van der Waals surface area contributed by atoms with E-state index >= 15 is 0 Å². The minimum Gasteiger partial charge on any atom is -0.497 e. The van der Waals surface area contributed by atoms with Gasteiger partial charge in [0.2, 0.25) is 5.91 Å². The van der Waals surface area contributed by atoms with E-state index in [1.54, 1.807) is 7.11 Å². The van der Waals surface area contributed by atoms with E-state index in [1.165, 1.54) is 12.0 Å². The van der Waals surface area contributed by atoms with Crippen LogP contribution in [0.25, 0.3) is 0 Å². The number of carbonyl (C=O) groups excluding carboxylic acids is 2. The zero-order valence-electron chi connectivity index (χ0n) is 12.2. The topological polar surface area (TPSA) is 55.8 Å². The van der Waals surface area contributed by atoms with Gasteiger partial charge < -0.3 is 14.4 Å². The molecule has 0 aliphatic rings. The number of methoxy groups -OCH3 is 2. The average molecular weight is 279 g/mol. The number of rotatable bonds is 7. The summed E-state index contributed by atoms with van der Waals surface area (Å²) in [6, 6.07) is 7.32. The molecule has 110 valence electrons. The Bertz CT molecular complexity index is 442. The number of nitrogens with zero attached hydrogens (tertiary/aromatic N) is 1. The number of benzene rings is 1. The third-order valence-electron chi connectivity index (χ3n) is 2.91. The molecule has 0 saturated carbocycles. The van der Waals surface area contributed by atoms with E-state index in [1.807, 2.05) is 31.2 Å². The van der Waals surface area contributed by atoms with Crippen molar-refractivity contribution in [3.8, 4) is 5.75 Å². The van der Waals surface area contributed by atoms with Gasteiger partial charge in [0.05, 0.1) is 20.6 Å². The Kier molecular flexibility index (Phi) is 6.56. The van der Waals surface area contributed by atoms with Crippen molar-refractivity contribution < 1.29 is 19.1 Å². The molecule has 0 spiro atoms. The van der Waals surface area contributed by atoms with Crippen LogP contribution >= 0.6 is 0 Å². The van der Waals surface area contributed by atoms with Crippen molar-refractivity contribution in [1.82, 2.24) is 4.90 Å². The van der Waals surface area contributed by atoms with Crippen molar-refractivity contribution in [2.45, 2.75) is 19.8 Å². The normalized spacial score (nSPS) is 9.95. The second-order valence-corrected chi connectivity index (χ2v) is 4.42. The summed E-state index contributed by atoms with van der Waals surface area (Å²) >= 11 is 0. The summed E-state index contributed by atoms with van der Waals surface area (Å²) in [5.74, 6) is 0.269. The minimum atomic E-state index is -0.401. The lowest BCUT2D eigenvalue weighted by atomic mass is 10.1. The van der Waals surface area contributed by atoms with Gasteiger partial charge in [-0.15, -0.1) is 0 Å². The van der Waals surface area contributed by atoms with Gasteiger partial charge >= 0.3 is 5.97 Å².